The Bertz CT molecular complexity index is 488. The number of nitrogens with two attached hydrogens (primary N) is 1. The van der Waals surface area contributed by atoms with Gasteiger partial charge >= 0.3 is 0 Å². The van der Waals surface area contributed by atoms with E-state index >= 15 is 0 Å². The molecule has 1 saturated carbocycles. The van der Waals surface area contributed by atoms with Crippen LogP contribution in [0.25, 0.3) is 0 Å². The van der Waals surface area contributed by atoms with E-state index < -0.39 is 0 Å². The highest BCUT2D eigenvalue weighted by atomic mass is 35.5. The van der Waals surface area contributed by atoms with E-state index in [1.807, 2.05) is 6.07 Å². The van der Waals surface area contributed by atoms with E-state index in [2.05, 4.69) is 22.4 Å². The van der Waals surface area contributed by atoms with E-state index in [1.165, 1.54) is 12.8 Å². The number of halogens is 1. The Hall–Kier alpha value is -1.30. The molecule has 1 aliphatic rings. The second kappa shape index (κ2) is 6.92. The highest BCUT2D eigenvalue weighted by molar-refractivity contribution is 6.31. The second-order valence-electron chi connectivity index (χ2n) is 5.18. The molecule has 1 fully saturated rings. The standard InChI is InChI=1S/C14H21ClN4O/c1-19(12-4-5-12)7-6-17-9-11-3-2-10(8-13(11)15)14(16)18-20/h2-3,8,12,17,20H,4-7,9H2,1H3,(H2,16,18). The summed E-state index contributed by atoms with van der Waals surface area (Å²) in [7, 11) is 2.16. The van der Waals surface area contributed by atoms with Gasteiger partial charge in [-0.1, -0.05) is 28.9 Å². The molecule has 0 bridgehead atoms. The summed E-state index contributed by atoms with van der Waals surface area (Å²) in [6, 6.07) is 6.20. The molecule has 1 aromatic rings. The molecule has 2 rings (SSSR count). The monoisotopic (exact) mass is 296 g/mol. The van der Waals surface area contributed by atoms with E-state index in [0.29, 0.717) is 17.1 Å². The summed E-state index contributed by atoms with van der Waals surface area (Å²) < 4.78 is 0. The van der Waals surface area contributed by atoms with Crippen molar-refractivity contribution in [2.24, 2.45) is 10.9 Å². The molecule has 110 valence electrons. The van der Waals surface area contributed by atoms with Crippen molar-refractivity contribution in [1.29, 1.82) is 0 Å². The quantitative estimate of drug-likeness (QED) is 0.235. The molecule has 0 aromatic heterocycles. The smallest absolute Gasteiger partial charge is 0.170 e. The minimum absolute atomic E-state index is 0.0671. The van der Waals surface area contributed by atoms with Crippen LogP contribution >= 0.6 is 11.6 Å². The van der Waals surface area contributed by atoms with Crippen molar-refractivity contribution in [2.75, 3.05) is 20.1 Å². The summed E-state index contributed by atoms with van der Waals surface area (Å²) in [4.78, 5) is 2.39. The number of benzene rings is 1. The Labute approximate surface area is 124 Å². The molecule has 0 atom stereocenters. The zero-order valence-corrected chi connectivity index (χ0v) is 12.4. The zero-order valence-electron chi connectivity index (χ0n) is 11.6. The molecule has 4 N–H and O–H groups in total. The van der Waals surface area contributed by atoms with Gasteiger partial charge in [-0.3, -0.25) is 0 Å². The number of nitrogens with one attached hydrogen (secondary N) is 1. The number of amidine groups is 1. The second-order valence-corrected chi connectivity index (χ2v) is 5.59. The Morgan fingerprint density at radius 3 is 2.90 bits per heavy atom. The third kappa shape index (κ3) is 4.10. The van der Waals surface area contributed by atoms with Gasteiger partial charge < -0.3 is 21.2 Å². The van der Waals surface area contributed by atoms with Crippen LogP contribution in [0.5, 0.6) is 0 Å². The molecule has 6 heteroatoms. The molecular weight excluding hydrogens is 276 g/mol. The van der Waals surface area contributed by atoms with E-state index in [1.54, 1.807) is 12.1 Å². The van der Waals surface area contributed by atoms with Crippen LogP contribution in [0, 0.1) is 0 Å². The van der Waals surface area contributed by atoms with E-state index in [9.17, 15) is 0 Å². The van der Waals surface area contributed by atoms with Gasteiger partial charge in [0, 0.05) is 36.3 Å². The fourth-order valence-corrected chi connectivity index (χ4v) is 2.33. The summed E-state index contributed by atoms with van der Waals surface area (Å²) in [5.41, 5.74) is 7.15. The highest BCUT2D eigenvalue weighted by Crippen LogP contribution is 2.24. The SMILES string of the molecule is CN(CCNCc1ccc(/C(N)=N/O)cc1Cl)C1CC1. The third-order valence-corrected chi connectivity index (χ3v) is 3.94. The van der Waals surface area contributed by atoms with Crippen molar-refractivity contribution in [3.8, 4) is 0 Å². The number of hydrogen-bond donors (Lipinski definition) is 3. The van der Waals surface area contributed by atoms with Crippen molar-refractivity contribution in [2.45, 2.75) is 25.4 Å². The average Bonchev–Trinajstić information content (AvgIpc) is 3.28. The largest absolute Gasteiger partial charge is 0.409 e. The topological polar surface area (TPSA) is 73.9 Å². The molecule has 1 aromatic carbocycles. The number of rotatable bonds is 7. The van der Waals surface area contributed by atoms with Crippen LogP contribution in [0.15, 0.2) is 23.4 Å². The van der Waals surface area contributed by atoms with E-state index in [4.69, 9.17) is 22.5 Å². The maximum Gasteiger partial charge on any atom is 0.170 e. The summed E-state index contributed by atoms with van der Waals surface area (Å²) in [5.74, 6) is 0.0671. The number of oxime groups is 1. The maximum atomic E-state index is 8.63. The van der Waals surface area contributed by atoms with Gasteiger partial charge in [-0.15, -0.1) is 0 Å². The van der Waals surface area contributed by atoms with Gasteiger partial charge in [0.1, 0.15) is 0 Å². The molecule has 1 aliphatic carbocycles. The predicted molar refractivity (Wildman–Crippen MR) is 81.3 cm³/mol. The molecule has 0 spiro atoms. The lowest BCUT2D eigenvalue weighted by atomic mass is 10.1. The van der Waals surface area contributed by atoms with Crippen LogP contribution in [-0.2, 0) is 6.54 Å². The molecule has 20 heavy (non-hydrogen) atoms. The maximum absolute atomic E-state index is 8.63. The third-order valence-electron chi connectivity index (χ3n) is 3.58. The molecular formula is C14H21ClN4O. The number of hydrogen-bond acceptors (Lipinski definition) is 4. The van der Waals surface area contributed by atoms with Gasteiger partial charge in [0.15, 0.2) is 5.84 Å². The van der Waals surface area contributed by atoms with Gasteiger partial charge in [-0.05, 0) is 31.5 Å². The Morgan fingerprint density at radius 1 is 1.55 bits per heavy atom. The fraction of sp³-hybridized carbons (Fsp3) is 0.500. The van der Waals surface area contributed by atoms with Gasteiger partial charge in [-0.2, -0.15) is 0 Å². The molecule has 0 heterocycles. The minimum Gasteiger partial charge on any atom is -0.409 e. The van der Waals surface area contributed by atoms with Crippen molar-refractivity contribution in [1.82, 2.24) is 10.2 Å². The summed E-state index contributed by atoms with van der Waals surface area (Å²) in [5, 5.41) is 15.6. The van der Waals surface area contributed by atoms with E-state index in [-0.39, 0.29) is 5.84 Å². The predicted octanol–water partition coefficient (Wildman–Crippen LogP) is 1.62. The van der Waals surface area contributed by atoms with Crippen LogP contribution in [-0.4, -0.2) is 42.1 Å². The van der Waals surface area contributed by atoms with Crippen LogP contribution < -0.4 is 11.1 Å². The van der Waals surface area contributed by atoms with Crippen molar-refractivity contribution in [3.05, 3.63) is 34.3 Å². The van der Waals surface area contributed by atoms with E-state index in [0.717, 1.165) is 24.7 Å². The molecule has 0 aliphatic heterocycles. The Balaban J connectivity index is 1.80. The molecule has 0 amide bonds. The zero-order chi connectivity index (χ0) is 14.5. The highest BCUT2D eigenvalue weighted by Gasteiger charge is 2.25. The fourth-order valence-electron chi connectivity index (χ4n) is 2.08. The van der Waals surface area contributed by atoms with Gasteiger partial charge in [0.25, 0.3) is 0 Å². The number of nitrogens with zero attached hydrogens (tertiary/aromatic N) is 2. The molecule has 5 nitrogen and oxygen atoms in total. The van der Waals surface area contributed by atoms with Gasteiger partial charge in [0.05, 0.1) is 0 Å². The normalized spacial score (nSPS) is 15.8. The van der Waals surface area contributed by atoms with Gasteiger partial charge in [-0.25, -0.2) is 0 Å². The van der Waals surface area contributed by atoms with Crippen LogP contribution in [0.4, 0.5) is 0 Å². The summed E-state index contributed by atoms with van der Waals surface area (Å²) >= 11 is 6.19. The first-order chi connectivity index (χ1) is 9.61. The first kappa shape index (κ1) is 15.1. The van der Waals surface area contributed by atoms with Crippen LogP contribution in [0.2, 0.25) is 5.02 Å². The van der Waals surface area contributed by atoms with Gasteiger partial charge in [0.2, 0.25) is 0 Å². The average molecular weight is 297 g/mol. The molecule has 0 saturated heterocycles. The number of likely N-dealkylation sites (N-methyl/N-ethyl adjacent to an activating group) is 1. The lowest BCUT2D eigenvalue weighted by Gasteiger charge is -2.16. The minimum atomic E-state index is 0.0671. The van der Waals surface area contributed by atoms with Crippen molar-refractivity contribution in [3.63, 3.8) is 0 Å². The lowest BCUT2D eigenvalue weighted by Crippen LogP contribution is -2.30. The summed E-state index contributed by atoms with van der Waals surface area (Å²) in [6.45, 7) is 2.70. The molecule has 0 unspecified atom stereocenters. The van der Waals surface area contributed by atoms with Crippen molar-refractivity contribution < 1.29 is 5.21 Å². The Morgan fingerprint density at radius 2 is 2.30 bits per heavy atom. The van der Waals surface area contributed by atoms with Crippen LogP contribution in [0.3, 0.4) is 0 Å². The van der Waals surface area contributed by atoms with Crippen LogP contribution in [0.1, 0.15) is 24.0 Å². The lowest BCUT2D eigenvalue weighted by molar-refractivity contribution is 0.318. The summed E-state index contributed by atoms with van der Waals surface area (Å²) in [6.07, 6.45) is 2.66. The Kier molecular flexibility index (Phi) is 5.23. The van der Waals surface area contributed by atoms with Crippen molar-refractivity contribution >= 4 is 17.4 Å². The first-order valence-corrected chi connectivity index (χ1v) is 7.17. The first-order valence-electron chi connectivity index (χ1n) is 6.79. The molecule has 0 radical (unpaired) electrons.